The van der Waals surface area contributed by atoms with Crippen molar-refractivity contribution in [1.82, 2.24) is 5.43 Å². The van der Waals surface area contributed by atoms with Gasteiger partial charge in [0.2, 0.25) is 0 Å². The highest BCUT2D eigenvalue weighted by Crippen LogP contribution is 2.18. The van der Waals surface area contributed by atoms with E-state index in [4.69, 9.17) is 5.84 Å². The van der Waals surface area contributed by atoms with Gasteiger partial charge in [0.1, 0.15) is 5.82 Å². The van der Waals surface area contributed by atoms with Gasteiger partial charge < -0.3 is 0 Å². The standard InChI is InChI=1S/C16H26BrFN2/c1-2-3-4-5-6-7-8-15(20-19)11-13-9-10-14(17)12-16(13)18/h9-10,12,15,20H,2-8,11,19H2,1H3. The summed E-state index contributed by atoms with van der Waals surface area (Å²) in [6.07, 6.45) is 9.23. The fourth-order valence-corrected chi connectivity index (χ4v) is 2.70. The van der Waals surface area contributed by atoms with Crippen molar-refractivity contribution in [3.05, 3.63) is 34.1 Å². The predicted octanol–water partition coefficient (Wildman–Crippen LogP) is 4.71. The summed E-state index contributed by atoms with van der Waals surface area (Å²) < 4.78 is 14.5. The Morgan fingerprint density at radius 3 is 2.55 bits per heavy atom. The van der Waals surface area contributed by atoms with E-state index >= 15 is 0 Å². The molecule has 114 valence electrons. The Morgan fingerprint density at radius 1 is 1.20 bits per heavy atom. The van der Waals surface area contributed by atoms with Crippen molar-refractivity contribution in [2.45, 2.75) is 64.3 Å². The van der Waals surface area contributed by atoms with Gasteiger partial charge in [-0.25, -0.2) is 4.39 Å². The van der Waals surface area contributed by atoms with Crippen LogP contribution in [0.5, 0.6) is 0 Å². The number of hydrazine groups is 1. The third-order valence-corrected chi connectivity index (χ3v) is 4.12. The first-order chi connectivity index (χ1) is 9.67. The van der Waals surface area contributed by atoms with Crippen LogP contribution in [-0.4, -0.2) is 6.04 Å². The molecule has 20 heavy (non-hydrogen) atoms. The molecule has 1 unspecified atom stereocenters. The van der Waals surface area contributed by atoms with Gasteiger partial charge in [-0.3, -0.25) is 11.3 Å². The van der Waals surface area contributed by atoms with Crippen molar-refractivity contribution >= 4 is 15.9 Å². The van der Waals surface area contributed by atoms with Crippen molar-refractivity contribution in [3.8, 4) is 0 Å². The van der Waals surface area contributed by atoms with Gasteiger partial charge >= 0.3 is 0 Å². The van der Waals surface area contributed by atoms with E-state index < -0.39 is 0 Å². The Morgan fingerprint density at radius 2 is 1.90 bits per heavy atom. The second kappa shape index (κ2) is 10.3. The van der Waals surface area contributed by atoms with Crippen LogP contribution in [0.4, 0.5) is 4.39 Å². The van der Waals surface area contributed by atoms with E-state index in [1.165, 1.54) is 38.2 Å². The minimum absolute atomic E-state index is 0.150. The molecule has 0 fully saturated rings. The lowest BCUT2D eigenvalue weighted by Crippen LogP contribution is -2.36. The van der Waals surface area contributed by atoms with E-state index in [-0.39, 0.29) is 11.9 Å². The molecule has 0 spiro atoms. The molecule has 0 aliphatic carbocycles. The molecule has 0 bridgehead atoms. The quantitative estimate of drug-likeness (QED) is 0.366. The highest BCUT2D eigenvalue weighted by molar-refractivity contribution is 9.10. The number of benzene rings is 1. The zero-order chi connectivity index (χ0) is 14.8. The van der Waals surface area contributed by atoms with E-state index in [1.54, 1.807) is 0 Å². The van der Waals surface area contributed by atoms with Gasteiger partial charge in [-0.1, -0.05) is 67.4 Å². The summed E-state index contributed by atoms with van der Waals surface area (Å²) in [6.45, 7) is 2.22. The van der Waals surface area contributed by atoms with Crippen molar-refractivity contribution in [2.75, 3.05) is 0 Å². The average Bonchev–Trinajstić information content (AvgIpc) is 2.43. The van der Waals surface area contributed by atoms with Crippen LogP contribution in [0.25, 0.3) is 0 Å². The van der Waals surface area contributed by atoms with Crippen LogP contribution < -0.4 is 11.3 Å². The summed E-state index contributed by atoms with van der Waals surface area (Å²) in [5, 5.41) is 0. The van der Waals surface area contributed by atoms with Crippen molar-refractivity contribution in [3.63, 3.8) is 0 Å². The van der Waals surface area contributed by atoms with Gasteiger partial charge in [-0.2, -0.15) is 0 Å². The maximum absolute atomic E-state index is 13.8. The van der Waals surface area contributed by atoms with Crippen LogP contribution in [0.15, 0.2) is 22.7 Å². The number of nitrogens with two attached hydrogens (primary N) is 1. The Bertz CT molecular complexity index is 385. The third-order valence-electron chi connectivity index (χ3n) is 3.62. The molecule has 0 heterocycles. The average molecular weight is 345 g/mol. The van der Waals surface area contributed by atoms with E-state index in [0.29, 0.717) is 6.42 Å². The molecule has 0 radical (unpaired) electrons. The van der Waals surface area contributed by atoms with Crippen LogP contribution in [0.3, 0.4) is 0 Å². The van der Waals surface area contributed by atoms with E-state index in [1.807, 2.05) is 12.1 Å². The summed E-state index contributed by atoms with van der Waals surface area (Å²) in [6, 6.07) is 5.35. The van der Waals surface area contributed by atoms with Gasteiger partial charge in [-0.15, -0.1) is 0 Å². The molecule has 0 saturated heterocycles. The van der Waals surface area contributed by atoms with Gasteiger partial charge in [0.15, 0.2) is 0 Å². The molecular formula is C16H26BrFN2. The maximum Gasteiger partial charge on any atom is 0.127 e. The van der Waals surface area contributed by atoms with Crippen LogP contribution in [0.2, 0.25) is 0 Å². The molecule has 0 aromatic heterocycles. The smallest absolute Gasteiger partial charge is 0.127 e. The summed E-state index contributed by atoms with van der Waals surface area (Å²) >= 11 is 3.27. The molecular weight excluding hydrogens is 319 g/mol. The number of hydrogen-bond acceptors (Lipinski definition) is 2. The molecule has 0 saturated carbocycles. The van der Waals surface area contributed by atoms with Gasteiger partial charge in [0, 0.05) is 10.5 Å². The van der Waals surface area contributed by atoms with Gasteiger partial charge in [-0.05, 0) is 30.5 Å². The Balaban J connectivity index is 2.31. The number of unbranched alkanes of at least 4 members (excludes halogenated alkanes) is 5. The highest BCUT2D eigenvalue weighted by atomic mass is 79.9. The molecule has 0 amide bonds. The molecule has 0 aliphatic heterocycles. The molecule has 1 aromatic rings. The summed E-state index contributed by atoms with van der Waals surface area (Å²) in [7, 11) is 0. The summed E-state index contributed by atoms with van der Waals surface area (Å²) in [5.74, 6) is 5.42. The highest BCUT2D eigenvalue weighted by Gasteiger charge is 2.11. The van der Waals surface area contributed by atoms with Crippen LogP contribution in [0, 0.1) is 5.82 Å². The van der Waals surface area contributed by atoms with Crippen LogP contribution in [0.1, 0.15) is 57.4 Å². The zero-order valence-corrected chi connectivity index (χ0v) is 13.9. The topological polar surface area (TPSA) is 38.0 Å². The van der Waals surface area contributed by atoms with E-state index in [0.717, 1.165) is 22.9 Å². The number of rotatable bonds is 10. The minimum Gasteiger partial charge on any atom is -0.271 e. The molecule has 1 aromatic carbocycles. The first-order valence-electron chi connectivity index (χ1n) is 7.57. The first-order valence-corrected chi connectivity index (χ1v) is 8.36. The number of halogens is 2. The fraction of sp³-hybridized carbons (Fsp3) is 0.625. The zero-order valence-electron chi connectivity index (χ0n) is 12.3. The Kier molecular flexibility index (Phi) is 9.07. The first kappa shape index (κ1) is 17.6. The number of hydrogen-bond donors (Lipinski definition) is 2. The monoisotopic (exact) mass is 344 g/mol. The van der Waals surface area contributed by atoms with E-state index in [2.05, 4.69) is 28.3 Å². The molecule has 4 heteroatoms. The van der Waals surface area contributed by atoms with Crippen molar-refractivity contribution in [2.24, 2.45) is 5.84 Å². The molecule has 3 N–H and O–H groups in total. The van der Waals surface area contributed by atoms with E-state index in [9.17, 15) is 4.39 Å². The van der Waals surface area contributed by atoms with Crippen LogP contribution in [-0.2, 0) is 6.42 Å². The largest absolute Gasteiger partial charge is 0.271 e. The lowest BCUT2D eigenvalue weighted by molar-refractivity contribution is 0.452. The molecule has 0 aliphatic rings. The van der Waals surface area contributed by atoms with Gasteiger partial charge in [0.25, 0.3) is 0 Å². The fourth-order valence-electron chi connectivity index (χ4n) is 2.37. The maximum atomic E-state index is 13.8. The Labute approximate surface area is 130 Å². The number of nitrogens with one attached hydrogen (secondary N) is 1. The SMILES string of the molecule is CCCCCCCCC(Cc1ccc(Br)cc1F)NN. The lowest BCUT2D eigenvalue weighted by atomic mass is 10.00. The summed E-state index contributed by atoms with van der Waals surface area (Å²) in [4.78, 5) is 0. The lowest BCUT2D eigenvalue weighted by Gasteiger charge is -2.16. The Hall–Kier alpha value is -0.450. The van der Waals surface area contributed by atoms with Crippen molar-refractivity contribution in [1.29, 1.82) is 0 Å². The molecule has 1 atom stereocenters. The van der Waals surface area contributed by atoms with Gasteiger partial charge in [0.05, 0.1) is 0 Å². The predicted molar refractivity (Wildman–Crippen MR) is 86.9 cm³/mol. The van der Waals surface area contributed by atoms with Crippen LogP contribution >= 0.6 is 15.9 Å². The molecule has 1 rings (SSSR count). The normalized spacial score (nSPS) is 12.6. The second-order valence-corrected chi connectivity index (χ2v) is 6.28. The third kappa shape index (κ3) is 6.82. The van der Waals surface area contributed by atoms with Crippen molar-refractivity contribution < 1.29 is 4.39 Å². The minimum atomic E-state index is -0.164. The summed E-state index contributed by atoms with van der Waals surface area (Å²) in [5.41, 5.74) is 3.54. The second-order valence-electron chi connectivity index (χ2n) is 5.36. The molecule has 2 nitrogen and oxygen atoms in total.